The summed E-state index contributed by atoms with van der Waals surface area (Å²) in [5.74, 6) is 0. The highest BCUT2D eigenvalue weighted by Gasteiger charge is 2.05. The smallest absolute Gasteiger partial charge is 0.202 e. The predicted molar refractivity (Wildman–Crippen MR) is 70.0 cm³/mol. The SMILES string of the molecule is CCN(CC)CCCC(C)Nc1ncns1. The molecule has 0 spiro atoms. The quantitative estimate of drug-likeness (QED) is 0.760. The first-order valence-electron chi connectivity index (χ1n) is 6.01. The second-order valence-electron chi connectivity index (χ2n) is 3.96. The number of hydrogen-bond donors (Lipinski definition) is 1. The molecule has 1 rings (SSSR count). The Kier molecular flexibility index (Phi) is 6.33. The Hall–Kier alpha value is -0.680. The fourth-order valence-electron chi connectivity index (χ4n) is 1.68. The van der Waals surface area contributed by atoms with Gasteiger partial charge in [-0.3, -0.25) is 0 Å². The summed E-state index contributed by atoms with van der Waals surface area (Å²) in [5.41, 5.74) is 0. The molecule has 0 amide bonds. The molecule has 1 atom stereocenters. The largest absolute Gasteiger partial charge is 0.358 e. The van der Waals surface area contributed by atoms with Gasteiger partial charge in [0.2, 0.25) is 5.13 Å². The molecule has 0 saturated heterocycles. The van der Waals surface area contributed by atoms with Crippen LogP contribution >= 0.6 is 11.5 Å². The van der Waals surface area contributed by atoms with Crippen LogP contribution in [0.15, 0.2) is 6.33 Å². The Morgan fingerprint density at radius 2 is 2.19 bits per heavy atom. The second kappa shape index (κ2) is 7.57. The van der Waals surface area contributed by atoms with Gasteiger partial charge >= 0.3 is 0 Å². The van der Waals surface area contributed by atoms with Crippen molar-refractivity contribution in [2.45, 2.75) is 39.7 Å². The minimum atomic E-state index is 0.475. The van der Waals surface area contributed by atoms with E-state index in [0.717, 1.165) is 18.2 Å². The summed E-state index contributed by atoms with van der Waals surface area (Å²) in [6, 6.07) is 0.475. The number of nitrogens with zero attached hydrogens (tertiary/aromatic N) is 3. The number of nitrogens with one attached hydrogen (secondary N) is 1. The van der Waals surface area contributed by atoms with E-state index in [0.29, 0.717) is 6.04 Å². The molecule has 4 nitrogen and oxygen atoms in total. The van der Waals surface area contributed by atoms with Gasteiger partial charge in [-0.15, -0.1) is 0 Å². The third kappa shape index (κ3) is 4.90. The Balaban J connectivity index is 2.13. The Morgan fingerprint density at radius 1 is 1.44 bits per heavy atom. The highest BCUT2D eigenvalue weighted by molar-refractivity contribution is 7.09. The first-order valence-corrected chi connectivity index (χ1v) is 6.79. The fourth-order valence-corrected chi connectivity index (χ4v) is 2.22. The van der Waals surface area contributed by atoms with Gasteiger partial charge in [-0.05, 0) is 39.4 Å². The molecule has 1 aromatic rings. The van der Waals surface area contributed by atoms with Crippen molar-refractivity contribution in [1.82, 2.24) is 14.3 Å². The molecule has 5 heteroatoms. The van der Waals surface area contributed by atoms with Crippen molar-refractivity contribution in [3.63, 3.8) is 0 Å². The lowest BCUT2D eigenvalue weighted by Crippen LogP contribution is -2.25. The zero-order chi connectivity index (χ0) is 11.8. The van der Waals surface area contributed by atoms with Crippen LogP contribution in [0.4, 0.5) is 5.13 Å². The average Bonchev–Trinajstić information content (AvgIpc) is 2.77. The molecule has 0 saturated carbocycles. The predicted octanol–water partition coefficient (Wildman–Crippen LogP) is 2.46. The fraction of sp³-hybridized carbons (Fsp3) is 0.818. The van der Waals surface area contributed by atoms with E-state index in [9.17, 15) is 0 Å². The third-order valence-electron chi connectivity index (χ3n) is 2.74. The van der Waals surface area contributed by atoms with E-state index < -0.39 is 0 Å². The zero-order valence-corrected chi connectivity index (χ0v) is 11.3. The van der Waals surface area contributed by atoms with Crippen LogP contribution in [0.2, 0.25) is 0 Å². The molecule has 0 radical (unpaired) electrons. The molecule has 0 aliphatic rings. The van der Waals surface area contributed by atoms with E-state index in [-0.39, 0.29) is 0 Å². The van der Waals surface area contributed by atoms with E-state index in [2.05, 4.69) is 40.3 Å². The normalized spacial score (nSPS) is 13.0. The van der Waals surface area contributed by atoms with Crippen LogP contribution in [0, 0.1) is 0 Å². The molecule has 0 aliphatic carbocycles. The van der Waals surface area contributed by atoms with Crippen molar-refractivity contribution in [1.29, 1.82) is 0 Å². The van der Waals surface area contributed by atoms with Crippen LogP contribution in [0.1, 0.15) is 33.6 Å². The highest BCUT2D eigenvalue weighted by Crippen LogP contribution is 2.11. The number of rotatable bonds is 8. The summed E-state index contributed by atoms with van der Waals surface area (Å²) < 4.78 is 3.97. The molecule has 0 bridgehead atoms. The van der Waals surface area contributed by atoms with E-state index >= 15 is 0 Å². The van der Waals surface area contributed by atoms with Crippen molar-refractivity contribution in [2.24, 2.45) is 0 Å². The molecule has 92 valence electrons. The van der Waals surface area contributed by atoms with Crippen molar-refractivity contribution >= 4 is 16.7 Å². The topological polar surface area (TPSA) is 41.0 Å². The third-order valence-corrected chi connectivity index (χ3v) is 3.33. The Labute approximate surface area is 102 Å². The maximum Gasteiger partial charge on any atom is 0.202 e. The van der Waals surface area contributed by atoms with Crippen LogP contribution in [0.3, 0.4) is 0 Å². The summed E-state index contributed by atoms with van der Waals surface area (Å²) in [6.07, 6.45) is 4.00. The summed E-state index contributed by atoms with van der Waals surface area (Å²) in [7, 11) is 0. The standard InChI is InChI=1S/C11H22N4S/c1-4-15(5-2)8-6-7-10(3)14-11-12-9-13-16-11/h9-10H,4-8H2,1-3H3,(H,12,13,14). The lowest BCUT2D eigenvalue weighted by Gasteiger charge is -2.19. The molecular formula is C11H22N4S. The van der Waals surface area contributed by atoms with Crippen LogP contribution in [-0.2, 0) is 0 Å². The first kappa shape index (κ1) is 13.4. The molecule has 1 unspecified atom stereocenters. The molecule has 0 aliphatic heterocycles. The molecule has 1 aromatic heterocycles. The van der Waals surface area contributed by atoms with Crippen LogP contribution in [0.5, 0.6) is 0 Å². The van der Waals surface area contributed by atoms with Gasteiger partial charge < -0.3 is 10.2 Å². The lowest BCUT2D eigenvalue weighted by molar-refractivity contribution is 0.295. The summed E-state index contributed by atoms with van der Waals surface area (Å²) in [4.78, 5) is 6.57. The maximum atomic E-state index is 4.12. The average molecular weight is 242 g/mol. The zero-order valence-electron chi connectivity index (χ0n) is 10.4. The molecule has 16 heavy (non-hydrogen) atoms. The van der Waals surface area contributed by atoms with Crippen molar-refractivity contribution in [3.8, 4) is 0 Å². The van der Waals surface area contributed by atoms with E-state index in [1.54, 1.807) is 6.33 Å². The first-order chi connectivity index (χ1) is 7.76. The number of hydrogen-bond acceptors (Lipinski definition) is 5. The monoisotopic (exact) mass is 242 g/mol. The van der Waals surface area contributed by atoms with Crippen LogP contribution in [0.25, 0.3) is 0 Å². The Morgan fingerprint density at radius 3 is 2.75 bits per heavy atom. The van der Waals surface area contributed by atoms with Crippen LogP contribution < -0.4 is 5.32 Å². The maximum absolute atomic E-state index is 4.12. The van der Waals surface area contributed by atoms with Crippen molar-refractivity contribution in [3.05, 3.63) is 6.33 Å². The summed E-state index contributed by atoms with van der Waals surface area (Å²) in [6.45, 7) is 10.1. The van der Waals surface area contributed by atoms with Gasteiger partial charge in [0, 0.05) is 17.6 Å². The molecule has 0 aromatic carbocycles. The van der Waals surface area contributed by atoms with Crippen LogP contribution in [-0.4, -0.2) is 39.9 Å². The van der Waals surface area contributed by atoms with Gasteiger partial charge in [0.1, 0.15) is 6.33 Å². The van der Waals surface area contributed by atoms with E-state index in [1.807, 2.05) is 0 Å². The summed E-state index contributed by atoms with van der Waals surface area (Å²) >= 11 is 1.42. The summed E-state index contributed by atoms with van der Waals surface area (Å²) in [5, 5.41) is 4.28. The van der Waals surface area contributed by atoms with Gasteiger partial charge in [0.15, 0.2) is 0 Å². The lowest BCUT2D eigenvalue weighted by atomic mass is 10.2. The van der Waals surface area contributed by atoms with Crippen molar-refractivity contribution in [2.75, 3.05) is 25.0 Å². The van der Waals surface area contributed by atoms with Gasteiger partial charge in [-0.2, -0.15) is 4.37 Å². The van der Waals surface area contributed by atoms with Gasteiger partial charge in [-0.25, -0.2) is 4.98 Å². The van der Waals surface area contributed by atoms with Gasteiger partial charge in [-0.1, -0.05) is 13.8 Å². The molecule has 1 heterocycles. The van der Waals surface area contributed by atoms with Crippen molar-refractivity contribution < 1.29 is 0 Å². The number of aromatic nitrogens is 2. The van der Waals surface area contributed by atoms with Gasteiger partial charge in [0.25, 0.3) is 0 Å². The molecule has 1 N–H and O–H groups in total. The van der Waals surface area contributed by atoms with Gasteiger partial charge in [0.05, 0.1) is 0 Å². The van der Waals surface area contributed by atoms with E-state index in [4.69, 9.17) is 0 Å². The Bertz CT molecular complexity index is 259. The second-order valence-corrected chi connectivity index (χ2v) is 4.74. The minimum Gasteiger partial charge on any atom is -0.358 e. The minimum absolute atomic E-state index is 0.475. The molecular weight excluding hydrogens is 220 g/mol. The highest BCUT2D eigenvalue weighted by atomic mass is 32.1. The molecule has 0 fully saturated rings. The number of anilines is 1. The van der Waals surface area contributed by atoms with E-state index in [1.165, 1.54) is 30.9 Å².